The number of ether oxygens (including phenoxy) is 2. The maximum Gasteiger partial charge on any atom is 0.410 e. The van der Waals surface area contributed by atoms with Crippen molar-refractivity contribution in [3.8, 4) is 0 Å². The Balaban J connectivity index is 2.13. The molecule has 0 aromatic rings. The largest absolute Gasteiger partial charge is 0.444 e. The summed E-state index contributed by atoms with van der Waals surface area (Å²) in [5.74, 6) is 0. The monoisotopic (exact) mass is 338 g/mol. The molecule has 6 nitrogen and oxygen atoms in total. The second-order valence-electron chi connectivity index (χ2n) is 8.52. The number of carbonyl (C=O) groups is 2. The highest BCUT2D eigenvalue weighted by Gasteiger charge is 2.41. The molecule has 2 amide bonds. The lowest BCUT2D eigenvalue weighted by Crippen LogP contribution is -2.62. The van der Waals surface area contributed by atoms with Crippen molar-refractivity contribution in [2.75, 3.05) is 13.1 Å². The summed E-state index contributed by atoms with van der Waals surface area (Å²) in [5.41, 5.74) is -1.06. The van der Waals surface area contributed by atoms with E-state index in [0.717, 1.165) is 12.8 Å². The minimum Gasteiger partial charge on any atom is -0.444 e. The number of hydrogen-bond acceptors (Lipinski definition) is 4. The van der Waals surface area contributed by atoms with Crippen LogP contribution in [0.25, 0.3) is 0 Å². The Morgan fingerprint density at radius 3 is 1.67 bits per heavy atom. The average Bonchev–Trinajstić information content (AvgIpc) is 2.50. The smallest absolute Gasteiger partial charge is 0.410 e. The molecule has 2 aliphatic rings. The summed E-state index contributed by atoms with van der Waals surface area (Å²) in [6.07, 6.45) is 4.99. The van der Waals surface area contributed by atoms with Crippen LogP contribution in [0, 0.1) is 0 Å². The molecule has 0 aromatic heterocycles. The van der Waals surface area contributed by atoms with Gasteiger partial charge in [0.05, 0.1) is 12.1 Å². The minimum absolute atomic E-state index is 0.0788. The summed E-state index contributed by atoms with van der Waals surface area (Å²) in [7, 11) is 0. The van der Waals surface area contributed by atoms with Gasteiger partial charge in [0, 0.05) is 13.1 Å². The van der Waals surface area contributed by atoms with Crippen LogP contribution >= 0.6 is 0 Å². The van der Waals surface area contributed by atoms with Gasteiger partial charge in [-0.3, -0.25) is 4.90 Å². The van der Waals surface area contributed by atoms with E-state index >= 15 is 0 Å². The molecule has 0 N–H and O–H groups in total. The van der Waals surface area contributed by atoms with E-state index < -0.39 is 11.2 Å². The van der Waals surface area contributed by atoms with Crippen LogP contribution in [0.3, 0.4) is 0 Å². The van der Waals surface area contributed by atoms with Crippen molar-refractivity contribution < 1.29 is 19.1 Å². The van der Waals surface area contributed by atoms with E-state index in [9.17, 15) is 9.59 Å². The van der Waals surface area contributed by atoms with Crippen molar-refractivity contribution in [3.63, 3.8) is 0 Å². The van der Waals surface area contributed by atoms with E-state index in [2.05, 4.69) is 12.2 Å². The molecule has 1 saturated heterocycles. The third-order valence-electron chi connectivity index (χ3n) is 3.89. The quantitative estimate of drug-likeness (QED) is 0.634. The molecule has 0 saturated carbocycles. The zero-order valence-corrected chi connectivity index (χ0v) is 15.7. The first kappa shape index (κ1) is 18.6. The first-order valence-corrected chi connectivity index (χ1v) is 8.60. The molecule has 0 aliphatic carbocycles. The molecule has 0 aromatic carbocycles. The second kappa shape index (κ2) is 6.65. The van der Waals surface area contributed by atoms with Gasteiger partial charge in [0.1, 0.15) is 11.2 Å². The summed E-state index contributed by atoms with van der Waals surface area (Å²) < 4.78 is 11.1. The van der Waals surface area contributed by atoms with E-state index in [0.29, 0.717) is 13.1 Å². The van der Waals surface area contributed by atoms with E-state index in [4.69, 9.17) is 9.47 Å². The van der Waals surface area contributed by atoms with Crippen molar-refractivity contribution in [2.24, 2.45) is 0 Å². The lowest BCUT2D eigenvalue weighted by Gasteiger charge is -2.45. The van der Waals surface area contributed by atoms with Gasteiger partial charge in [-0.25, -0.2) is 9.59 Å². The molecule has 2 atom stereocenters. The number of rotatable bonds is 0. The highest BCUT2D eigenvalue weighted by atomic mass is 16.6. The second-order valence-corrected chi connectivity index (χ2v) is 8.52. The Hall–Kier alpha value is -1.72. The molecular formula is C18H30N2O4. The maximum absolute atomic E-state index is 12.6. The van der Waals surface area contributed by atoms with Gasteiger partial charge in [-0.2, -0.15) is 0 Å². The van der Waals surface area contributed by atoms with Gasteiger partial charge in [-0.1, -0.05) is 12.2 Å². The molecule has 136 valence electrons. The first-order valence-electron chi connectivity index (χ1n) is 8.60. The van der Waals surface area contributed by atoms with Crippen molar-refractivity contribution in [1.29, 1.82) is 0 Å². The Morgan fingerprint density at radius 2 is 1.25 bits per heavy atom. The highest BCUT2D eigenvalue weighted by molar-refractivity contribution is 5.72. The first-order chi connectivity index (χ1) is 11.0. The average molecular weight is 338 g/mol. The Labute approximate surface area is 144 Å². The fourth-order valence-electron chi connectivity index (χ4n) is 3.03. The highest BCUT2D eigenvalue weighted by Crippen LogP contribution is 2.27. The van der Waals surface area contributed by atoms with Crippen LogP contribution in [0.1, 0.15) is 54.4 Å². The molecule has 6 heteroatoms. The summed E-state index contributed by atoms with van der Waals surface area (Å²) in [6.45, 7) is 12.1. The van der Waals surface area contributed by atoms with Crippen LogP contribution in [0.2, 0.25) is 0 Å². The van der Waals surface area contributed by atoms with Gasteiger partial charge in [0.15, 0.2) is 0 Å². The summed E-state index contributed by atoms with van der Waals surface area (Å²) in [5, 5.41) is 0. The van der Waals surface area contributed by atoms with Gasteiger partial charge >= 0.3 is 12.2 Å². The maximum atomic E-state index is 12.6. The topological polar surface area (TPSA) is 59.1 Å². The molecule has 1 fully saturated rings. The molecule has 2 heterocycles. The van der Waals surface area contributed by atoms with Crippen LogP contribution in [0.15, 0.2) is 12.2 Å². The van der Waals surface area contributed by atoms with Crippen molar-refractivity contribution >= 4 is 12.2 Å². The lowest BCUT2D eigenvalue weighted by atomic mass is 10.0. The number of amides is 2. The van der Waals surface area contributed by atoms with Crippen LogP contribution in [0.5, 0.6) is 0 Å². The Bertz CT molecular complexity index is 498. The van der Waals surface area contributed by atoms with E-state index in [-0.39, 0.29) is 24.3 Å². The molecular weight excluding hydrogens is 308 g/mol. The normalized spacial score (nSPS) is 24.4. The molecule has 0 radical (unpaired) electrons. The molecule has 2 rings (SSSR count). The minimum atomic E-state index is -0.532. The van der Waals surface area contributed by atoms with Gasteiger partial charge in [-0.15, -0.1) is 0 Å². The SMILES string of the molecule is CC(C)(C)OC(=O)N1CC2CC=CCC(C1)N2C(=O)OC(C)(C)C. The third-order valence-corrected chi connectivity index (χ3v) is 3.89. The van der Waals surface area contributed by atoms with Gasteiger partial charge in [0.25, 0.3) is 0 Å². The third kappa shape index (κ3) is 4.89. The Morgan fingerprint density at radius 1 is 0.833 bits per heavy atom. The predicted octanol–water partition coefficient (Wildman–Crippen LogP) is 3.56. The van der Waals surface area contributed by atoms with Gasteiger partial charge < -0.3 is 14.4 Å². The van der Waals surface area contributed by atoms with Crippen molar-refractivity contribution in [2.45, 2.75) is 77.7 Å². The molecule has 2 bridgehead atoms. The van der Waals surface area contributed by atoms with Crippen LogP contribution < -0.4 is 0 Å². The van der Waals surface area contributed by atoms with Crippen LogP contribution in [0.4, 0.5) is 9.59 Å². The van der Waals surface area contributed by atoms with Crippen molar-refractivity contribution in [3.05, 3.63) is 12.2 Å². The number of nitrogens with zero attached hydrogens (tertiary/aromatic N) is 2. The van der Waals surface area contributed by atoms with Crippen molar-refractivity contribution in [1.82, 2.24) is 9.80 Å². The molecule has 24 heavy (non-hydrogen) atoms. The lowest BCUT2D eigenvalue weighted by molar-refractivity contribution is -0.0302. The van der Waals surface area contributed by atoms with E-state index in [1.165, 1.54) is 0 Å². The standard InChI is InChI=1S/C18H30N2O4/c1-17(2,3)23-15(21)19-11-13-9-7-8-10-14(12-19)20(13)16(22)24-18(4,5)6/h7-8,13-14H,9-12H2,1-6H3. The molecule has 0 spiro atoms. The number of fused-ring (bicyclic) bond motifs is 2. The summed E-state index contributed by atoms with van der Waals surface area (Å²) in [4.78, 5) is 28.6. The zero-order chi connectivity index (χ0) is 18.1. The number of hydrogen-bond donors (Lipinski definition) is 0. The Kier molecular flexibility index (Phi) is 5.16. The number of piperazine rings is 1. The zero-order valence-electron chi connectivity index (χ0n) is 15.7. The van der Waals surface area contributed by atoms with Crippen LogP contribution in [-0.4, -0.2) is 58.4 Å². The molecule has 2 unspecified atom stereocenters. The predicted molar refractivity (Wildman–Crippen MR) is 91.8 cm³/mol. The fourth-order valence-corrected chi connectivity index (χ4v) is 3.03. The van der Waals surface area contributed by atoms with E-state index in [1.807, 2.05) is 46.4 Å². The summed E-state index contributed by atoms with van der Waals surface area (Å²) in [6, 6.07) is -0.158. The number of carbonyl (C=O) groups excluding carboxylic acids is 2. The van der Waals surface area contributed by atoms with E-state index in [1.54, 1.807) is 4.90 Å². The molecule has 2 aliphatic heterocycles. The van der Waals surface area contributed by atoms with Gasteiger partial charge in [-0.05, 0) is 54.4 Å². The van der Waals surface area contributed by atoms with Crippen LogP contribution in [-0.2, 0) is 9.47 Å². The van der Waals surface area contributed by atoms with Gasteiger partial charge in [0.2, 0.25) is 0 Å². The summed E-state index contributed by atoms with van der Waals surface area (Å²) >= 11 is 0. The fraction of sp³-hybridized carbons (Fsp3) is 0.778.